The summed E-state index contributed by atoms with van der Waals surface area (Å²) in [6, 6.07) is 9.71. The Hall–Kier alpha value is -2.10. The van der Waals surface area contributed by atoms with Crippen molar-refractivity contribution >= 4 is 11.9 Å². The summed E-state index contributed by atoms with van der Waals surface area (Å²) in [5.41, 5.74) is 0.323. The Morgan fingerprint density at radius 2 is 1.90 bits per heavy atom. The first-order valence-electron chi connectivity index (χ1n) is 7.28. The molecule has 0 atom stereocenters. The number of hydrogen-bond acceptors (Lipinski definition) is 3. The molecule has 0 bridgehead atoms. The molecule has 1 saturated heterocycles. The number of piperidine rings is 1. The van der Waals surface area contributed by atoms with Crippen LogP contribution < -0.4 is 0 Å². The minimum atomic E-state index is -0.644. The molecular formula is C17H21NO3. The topological polar surface area (TPSA) is 46.6 Å². The highest BCUT2D eigenvalue weighted by Gasteiger charge is 2.44. The van der Waals surface area contributed by atoms with Crippen molar-refractivity contribution in [1.82, 2.24) is 4.90 Å². The van der Waals surface area contributed by atoms with E-state index in [0.717, 1.165) is 5.56 Å². The molecule has 0 aromatic heterocycles. The maximum absolute atomic E-state index is 12.5. The van der Waals surface area contributed by atoms with E-state index in [-0.39, 0.29) is 11.9 Å². The third-order valence-corrected chi connectivity index (χ3v) is 4.10. The predicted octanol–water partition coefficient (Wildman–Crippen LogP) is 2.30. The number of carbonyl (C=O) groups is 2. The van der Waals surface area contributed by atoms with Crippen molar-refractivity contribution in [3.63, 3.8) is 0 Å². The van der Waals surface area contributed by atoms with E-state index in [1.807, 2.05) is 37.3 Å². The van der Waals surface area contributed by atoms with Crippen molar-refractivity contribution in [1.29, 1.82) is 0 Å². The molecule has 0 unspecified atom stereocenters. The van der Waals surface area contributed by atoms with E-state index in [1.165, 1.54) is 6.08 Å². The first kappa shape index (κ1) is 15.3. The molecule has 1 heterocycles. The van der Waals surface area contributed by atoms with Gasteiger partial charge in [0.2, 0.25) is 5.91 Å². The molecule has 1 aliphatic rings. The van der Waals surface area contributed by atoms with E-state index >= 15 is 0 Å². The molecule has 1 aromatic carbocycles. The van der Waals surface area contributed by atoms with Gasteiger partial charge in [-0.25, -0.2) is 0 Å². The van der Waals surface area contributed by atoms with E-state index in [0.29, 0.717) is 32.5 Å². The van der Waals surface area contributed by atoms with Gasteiger partial charge in [-0.15, -0.1) is 0 Å². The lowest BCUT2D eigenvalue weighted by Crippen LogP contribution is -2.49. The van der Waals surface area contributed by atoms with Gasteiger partial charge < -0.3 is 9.64 Å². The lowest BCUT2D eigenvalue weighted by Gasteiger charge is -2.40. The summed E-state index contributed by atoms with van der Waals surface area (Å²) in [7, 11) is 0. The van der Waals surface area contributed by atoms with Crippen LogP contribution in [-0.2, 0) is 19.7 Å². The van der Waals surface area contributed by atoms with Crippen LogP contribution in [0.1, 0.15) is 25.3 Å². The molecule has 4 heteroatoms. The van der Waals surface area contributed by atoms with Crippen LogP contribution in [0, 0.1) is 0 Å². The van der Waals surface area contributed by atoms with Gasteiger partial charge in [0.05, 0.1) is 12.0 Å². The van der Waals surface area contributed by atoms with E-state index in [4.69, 9.17) is 4.74 Å². The summed E-state index contributed by atoms with van der Waals surface area (Å²) in [5, 5.41) is 0. The van der Waals surface area contributed by atoms with E-state index in [2.05, 4.69) is 6.58 Å². The molecule has 1 aromatic rings. The number of nitrogens with zero attached hydrogens (tertiary/aromatic N) is 1. The standard InChI is InChI=1S/C17H21NO3/c1-3-15(19)18-12-10-17(11-13-18,16(20)21-4-2)14-8-6-5-7-9-14/h3,5-9H,1,4,10-13H2,2H3. The largest absolute Gasteiger partial charge is 0.465 e. The van der Waals surface area contributed by atoms with E-state index < -0.39 is 5.41 Å². The Morgan fingerprint density at radius 3 is 2.43 bits per heavy atom. The smallest absolute Gasteiger partial charge is 0.316 e. The van der Waals surface area contributed by atoms with Crippen molar-refractivity contribution in [2.45, 2.75) is 25.2 Å². The Kier molecular flexibility index (Phi) is 4.78. The monoisotopic (exact) mass is 287 g/mol. The second-order valence-electron chi connectivity index (χ2n) is 5.20. The van der Waals surface area contributed by atoms with Crippen LogP contribution in [0.4, 0.5) is 0 Å². The van der Waals surface area contributed by atoms with E-state index in [9.17, 15) is 9.59 Å². The molecule has 0 N–H and O–H groups in total. The fourth-order valence-electron chi connectivity index (χ4n) is 2.88. The van der Waals surface area contributed by atoms with Gasteiger partial charge in [-0.05, 0) is 31.4 Å². The van der Waals surface area contributed by atoms with Crippen LogP contribution >= 0.6 is 0 Å². The molecule has 4 nitrogen and oxygen atoms in total. The quantitative estimate of drug-likeness (QED) is 0.630. The minimum Gasteiger partial charge on any atom is -0.465 e. The number of hydrogen-bond donors (Lipinski definition) is 0. The van der Waals surface area contributed by atoms with Crippen LogP contribution in [0.2, 0.25) is 0 Å². The maximum atomic E-state index is 12.5. The predicted molar refractivity (Wildman–Crippen MR) is 80.8 cm³/mol. The zero-order valence-electron chi connectivity index (χ0n) is 12.4. The minimum absolute atomic E-state index is 0.0829. The number of likely N-dealkylation sites (tertiary alicyclic amines) is 1. The summed E-state index contributed by atoms with van der Waals surface area (Å²) in [5.74, 6) is -0.276. The zero-order chi connectivity index (χ0) is 15.3. The second kappa shape index (κ2) is 6.57. The van der Waals surface area contributed by atoms with Crippen molar-refractivity contribution in [3.8, 4) is 0 Å². The van der Waals surface area contributed by atoms with Gasteiger partial charge in [-0.2, -0.15) is 0 Å². The number of amides is 1. The molecular weight excluding hydrogens is 266 g/mol. The highest BCUT2D eigenvalue weighted by Crippen LogP contribution is 2.37. The zero-order valence-corrected chi connectivity index (χ0v) is 12.4. The van der Waals surface area contributed by atoms with Crippen LogP contribution in [0.25, 0.3) is 0 Å². The number of ether oxygens (including phenoxy) is 1. The van der Waals surface area contributed by atoms with Crippen LogP contribution in [0.5, 0.6) is 0 Å². The summed E-state index contributed by atoms with van der Waals surface area (Å²) in [4.78, 5) is 26.0. The number of carbonyl (C=O) groups excluding carboxylic acids is 2. The summed E-state index contributed by atoms with van der Waals surface area (Å²) < 4.78 is 5.30. The van der Waals surface area contributed by atoms with Crippen molar-refractivity contribution in [2.24, 2.45) is 0 Å². The summed E-state index contributed by atoms with van der Waals surface area (Å²) in [6.07, 6.45) is 2.48. The van der Waals surface area contributed by atoms with Crippen molar-refractivity contribution in [2.75, 3.05) is 19.7 Å². The molecule has 1 amide bonds. The van der Waals surface area contributed by atoms with Gasteiger partial charge in [0, 0.05) is 13.1 Å². The second-order valence-corrected chi connectivity index (χ2v) is 5.20. The lowest BCUT2D eigenvalue weighted by atomic mass is 9.72. The Labute approximate surface area is 125 Å². The molecule has 1 aliphatic heterocycles. The van der Waals surface area contributed by atoms with Crippen molar-refractivity contribution in [3.05, 3.63) is 48.6 Å². The molecule has 0 radical (unpaired) electrons. The lowest BCUT2D eigenvalue weighted by molar-refractivity contribution is -0.153. The molecule has 0 saturated carbocycles. The first-order chi connectivity index (χ1) is 10.1. The van der Waals surface area contributed by atoms with Gasteiger partial charge in [0.25, 0.3) is 0 Å². The Balaban J connectivity index is 2.26. The number of esters is 1. The average molecular weight is 287 g/mol. The molecule has 21 heavy (non-hydrogen) atoms. The van der Waals surface area contributed by atoms with E-state index in [1.54, 1.807) is 4.90 Å². The highest BCUT2D eigenvalue weighted by molar-refractivity contribution is 5.88. The molecule has 112 valence electrons. The number of benzene rings is 1. The first-order valence-corrected chi connectivity index (χ1v) is 7.28. The fourth-order valence-corrected chi connectivity index (χ4v) is 2.88. The highest BCUT2D eigenvalue weighted by atomic mass is 16.5. The molecule has 0 spiro atoms. The van der Waals surface area contributed by atoms with Gasteiger partial charge in [0.1, 0.15) is 0 Å². The summed E-state index contributed by atoms with van der Waals surface area (Å²) in [6.45, 7) is 6.77. The fraction of sp³-hybridized carbons (Fsp3) is 0.412. The van der Waals surface area contributed by atoms with Crippen LogP contribution in [0.15, 0.2) is 43.0 Å². The maximum Gasteiger partial charge on any atom is 0.316 e. The Bertz CT molecular complexity index is 516. The molecule has 1 fully saturated rings. The van der Waals surface area contributed by atoms with Gasteiger partial charge in [-0.3, -0.25) is 9.59 Å². The van der Waals surface area contributed by atoms with Crippen molar-refractivity contribution < 1.29 is 14.3 Å². The average Bonchev–Trinajstić information content (AvgIpc) is 2.55. The van der Waals surface area contributed by atoms with Crippen LogP contribution in [-0.4, -0.2) is 36.5 Å². The van der Waals surface area contributed by atoms with Gasteiger partial charge >= 0.3 is 5.97 Å². The third-order valence-electron chi connectivity index (χ3n) is 4.10. The van der Waals surface area contributed by atoms with Crippen LogP contribution in [0.3, 0.4) is 0 Å². The summed E-state index contributed by atoms with van der Waals surface area (Å²) >= 11 is 0. The SMILES string of the molecule is C=CC(=O)N1CCC(C(=O)OCC)(c2ccccc2)CC1. The van der Waals surface area contributed by atoms with Gasteiger partial charge in [0.15, 0.2) is 0 Å². The van der Waals surface area contributed by atoms with Gasteiger partial charge in [-0.1, -0.05) is 36.9 Å². The molecule has 2 rings (SSSR count). The Morgan fingerprint density at radius 1 is 1.29 bits per heavy atom. The third kappa shape index (κ3) is 2.99. The number of rotatable bonds is 4. The normalized spacial score (nSPS) is 17.1. The molecule has 0 aliphatic carbocycles.